The molecule has 0 spiro atoms. The number of rotatable bonds is 6. The molecule has 5 heteroatoms. The van der Waals surface area contributed by atoms with E-state index in [4.69, 9.17) is 0 Å². The van der Waals surface area contributed by atoms with E-state index in [1.807, 2.05) is 29.6 Å². The number of aromatic nitrogens is 1. The summed E-state index contributed by atoms with van der Waals surface area (Å²) < 4.78 is 0. The number of anilines is 1. The Labute approximate surface area is 146 Å². The molecule has 126 valence electrons. The lowest BCUT2D eigenvalue weighted by Gasteiger charge is -2.09. The monoisotopic (exact) mass is 342 g/mol. The van der Waals surface area contributed by atoms with Crippen molar-refractivity contribution in [1.29, 1.82) is 0 Å². The van der Waals surface area contributed by atoms with Crippen molar-refractivity contribution < 1.29 is 9.59 Å². The number of benzene rings is 1. The van der Waals surface area contributed by atoms with E-state index in [2.05, 4.69) is 18.8 Å². The summed E-state index contributed by atoms with van der Waals surface area (Å²) in [6, 6.07) is 7.73. The van der Waals surface area contributed by atoms with E-state index in [0.717, 1.165) is 6.42 Å². The fourth-order valence-corrected chi connectivity index (χ4v) is 2.98. The molecule has 0 N–H and O–H groups in total. The van der Waals surface area contributed by atoms with E-state index >= 15 is 0 Å². The maximum Gasteiger partial charge on any atom is 0.225 e. The minimum atomic E-state index is -0.0718. The van der Waals surface area contributed by atoms with E-state index in [0.29, 0.717) is 22.3 Å². The van der Waals surface area contributed by atoms with E-state index in [1.54, 1.807) is 13.1 Å². The number of amides is 1. The zero-order chi connectivity index (χ0) is 17.7. The van der Waals surface area contributed by atoms with Gasteiger partial charge in [0.1, 0.15) is 0 Å². The predicted molar refractivity (Wildman–Crippen MR) is 99.5 cm³/mol. The first-order valence-corrected chi connectivity index (χ1v) is 8.76. The van der Waals surface area contributed by atoms with Gasteiger partial charge in [-0.25, -0.2) is 4.98 Å². The smallest absolute Gasteiger partial charge is 0.225 e. The average Bonchev–Trinajstić information content (AvgIpc) is 3.00. The van der Waals surface area contributed by atoms with Crippen LogP contribution >= 0.6 is 11.3 Å². The van der Waals surface area contributed by atoms with Gasteiger partial charge in [-0.15, -0.1) is 11.3 Å². The summed E-state index contributed by atoms with van der Waals surface area (Å²) in [7, 11) is 1.68. The summed E-state index contributed by atoms with van der Waals surface area (Å²) in [5, 5.41) is 2.44. The van der Waals surface area contributed by atoms with Gasteiger partial charge in [0.15, 0.2) is 10.9 Å². The van der Waals surface area contributed by atoms with Crippen LogP contribution in [0.4, 0.5) is 5.13 Å². The summed E-state index contributed by atoms with van der Waals surface area (Å²) in [4.78, 5) is 29.4. The molecule has 0 aliphatic rings. The van der Waals surface area contributed by atoms with Gasteiger partial charge >= 0.3 is 0 Å². The molecule has 0 bridgehead atoms. The number of allylic oxidation sites excluding steroid dienone is 1. The van der Waals surface area contributed by atoms with Gasteiger partial charge in [-0.3, -0.25) is 14.5 Å². The maximum atomic E-state index is 12.2. The third kappa shape index (κ3) is 4.86. The molecular weight excluding hydrogens is 320 g/mol. The number of hydrogen-bond donors (Lipinski definition) is 0. The summed E-state index contributed by atoms with van der Waals surface area (Å²) in [6.45, 7) is 5.84. The van der Waals surface area contributed by atoms with Crippen LogP contribution in [0, 0.1) is 5.92 Å². The molecule has 0 atom stereocenters. The van der Waals surface area contributed by atoms with Gasteiger partial charge in [0.25, 0.3) is 0 Å². The third-order valence-corrected chi connectivity index (χ3v) is 4.49. The minimum absolute atomic E-state index is 0.0550. The molecule has 0 radical (unpaired) electrons. The summed E-state index contributed by atoms with van der Waals surface area (Å²) >= 11 is 1.37. The molecule has 0 aliphatic heterocycles. The Hall–Kier alpha value is -2.27. The zero-order valence-electron chi connectivity index (χ0n) is 14.4. The molecule has 1 aromatic heterocycles. The number of hydrogen-bond acceptors (Lipinski definition) is 4. The third-order valence-electron chi connectivity index (χ3n) is 3.56. The van der Waals surface area contributed by atoms with Crippen molar-refractivity contribution in [2.24, 2.45) is 5.92 Å². The summed E-state index contributed by atoms with van der Waals surface area (Å²) in [5.41, 5.74) is 2.57. The number of carbonyl (C=O) groups excluding carboxylic acids is 2. The SMILES string of the molecule is CC(=O)N(C)c1nc(/C=C/C(=O)c2ccc(CC(C)C)cc2)cs1. The van der Waals surface area contributed by atoms with E-state index in [-0.39, 0.29) is 11.7 Å². The number of ketones is 1. The van der Waals surface area contributed by atoms with Crippen molar-refractivity contribution in [3.05, 3.63) is 52.5 Å². The lowest BCUT2D eigenvalue weighted by atomic mass is 10.0. The first-order valence-electron chi connectivity index (χ1n) is 7.88. The van der Waals surface area contributed by atoms with Gasteiger partial charge < -0.3 is 0 Å². The van der Waals surface area contributed by atoms with Gasteiger partial charge in [0, 0.05) is 24.9 Å². The van der Waals surface area contributed by atoms with Crippen molar-refractivity contribution in [2.75, 3.05) is 11.9 Å². The second kappa shape index (κ2) is 8.02. The topological polar surface area (TPSA) is 50.3 Å². The van der Waals surface area contributed by atoms with Crippen LogP contribution in [0.25, 0.3) is 6.08 Å². The highest BCUT2D eigenvalue weighted by Gasteiger charge is 2.09. The first kappa shape index (κ1) is 18.1. The quantitative estimate of drug-likeness (QED) is 0.583. The van der Waals surface area contributed by atoms with Gasteiger partial charge in [-0.2, -0.15) is 0 Å². The molecule has 24 heavy (non-hydrogen) atoms. The van der Waals surface area contributed by atoms with E-state index in [9.17, 15) is 9.59 Å². The Balaban J connectivity index is 2.03. The number of thiazole rings is 1. The first-order chi connectivity index (χ1) is 11.4. The molecule has 1 amide bonds. The molecule has 4 nitrogen and oxygen atoms in total. The Morgan fingerprint density at radius 1 is 1.25 bits per heavy atom. The van der Waals surface area contributed by atoms with Crippen molar-refractivity contribution in [2.45, 2.75) is 27.2 Å². The molecule has 2 aromatic rings. The Morgan fingerprint density at radius 2 is 1.92 bits per heavy atom. The normalized spacial score (nSPS) is 11.2. The molecular formula is C19H22N2O2S. The van der Waals surface area contributed by atoms with Crippen LogP contribution in [0.3, 0.4) is 0 Å². The Morgan fingerprint density at radius 3 is 2.50 bits per heavy atom. The van der Waals surface area contributed by atoms with Crippen LogP contribution in [-0.4, -0.2) is 23.7 Å². The lowest BCUT2D eigenvalue weighted by molar-refractivity contribution is -0.116. The summed E-state index contributed by atoms with van der Waals surface area (Å²) in [6.07, 6.45) is 4.21. The highest BCUT2D eigenvalue weighted by molar-refractivity contribution is 7.14. The summed E-state index contributed by atoms with van der Waals surface area (Å²) in [5.74, 6) is 0.469. The van der Waals surface area contributed by atoms with Gasteiger partial charge in [-0.05, 0) is 30.1 Å². The van der Waals surface area contributed by atoms with Gasteiger partial charge in [0.2, 0.25) is 5.91 Å². The van der Waals surface area contributed by atoms with Crippen LogP contribution in [-0.2, 0) is 11.2 Å². The average molecular weight is 342 g/mol. The van der Waals surface area contributed by atoms with Crippen LogP contribution in [0.15, 0.2) is 35.7 Å². The number of carbonyl (C=O) groups is 2. The molecule has 0 saturated heterocycles. The molecule has 0 aliphatic carbocycles. The highest BCUT2D eigenvalue weighted by Crippen LogP contribution is 2.20. The predicted octanol–water partition coefficient (Wildman–Crippen LogP) is 4.22. The van der Waals surface area contributed by atoms with Crippen molar-refractivity contribution in [1.82, 2.24) is 4.98 Å². The van der Waals surface area contributed by atoms with E-state index < -0.39 is 0 Å². The largest absolute Gasteiger partial charge is 0.291 e. The van der Waals surface area contributed by atoms with Crippen LogP contribution in [0.1, 0.15) is 42.4 Å². The molecule has 0 unspecified atom stereocenters. The van der Waals surface area contributed by atoms with Gasteiger partial charge in [0.05, 0.1) is 5.69 Å². The van der Waals surface area contributed by atoms with Crippen molar-refractivity contribution in [3.63, 3.8) is 0 Å². The van der Waals surface area contributed by atoms with E-state index in [1.165, 1.54) is 34.8 Å². The molecule has 2 rings (SSSR count). The molecule has 0 saturated carbocycles. The van der Waals surface area contributed by atoms with Crippen LogP contribution in [0.5, 0.6) is 0 Å². The maximum absolute atomic E-state index is 12.2. The minimum Gasteiger partial charge on any atom is -0.291 e. The van der Waals surface area contributed by atoms with Crippen LogP contribution in [0.2, 0.25) is 0 Å². The fraction of sp³-hybridized carbons (Fsp3) is 0.316. The highest BCUT2D eigenvalue weighted by atomic mass is 32.1. The Bertz CT molecular complexity index is 745. The second-order valence-electron chi connectivity index (χ2n) is 6.13. The number of nitrogens with zero attached hydrogens (tertiary/aromatic N) is 2. The molecule has 1 aromatic carbocycles. The zero-order valence-corrected chi connectivity index (χ0v) is 15.3. The molecule has 1 heterocycles. The molecule has 0 fully saturated rings. The standard InChI is InChI=1S/C19H22N2O2S/c1-13(2)11-15-5-7-16(8-6-15)18(23)10-9-17-12-24-19(20-17)21(4)14(3)22/h5-10,12-13H,11H2,1-4H3/b10-9+. The van der Waals surface area contributed by atoms with Gasteiger partial charge in [-0.1, -0.05) is 38.1 Å². The van der Waals surface area contributed by atoms with Crippen LogP contribution < -0.4 is 4.90 Å². The fourth-order valence-electron chi connectivity index (χ4n) is 2.18. The van der Waals surface area contributed by atoms with Crippen molar-refractivity contribution >= 4 is 34.2 Å². The van der Waals surface area contributed by atoms with Crippen molar-refractivity contribution in [3.8, 4) is 0 Å². The Kier molecular flexibility index (Phi) is 6.04. The lowest BCUT2D eigenvalue weighted by Crippen LogP contribution is -2.22. The second-order valence-corrected chi connectivity index (χ2v) is 6.96.